The van der Waals surface area contributed by atoms with Crippen molar-refractivity contribution in [3.8, 4) is 0 Å². The molecule has 6 heteroatoms. The van der Waals surface area contributed by atoms with Crippen molar-refractivity contribution < 1.29 is 17.9 Å². The number of carbonyl (C=O) groups excluding carboxylic acids is 1. The quantitative estimate of drug-likeness (QED) is 0.659. The van der Waals surface area contributed by atoms with Crippen molar-refractivity contribution in [3.05, 3.63) is 0 Å². The second kappa shape index (κ2) is 6.85. The van der Waals surface area contributed by atoms with Crippen LogP contribution in [0.15, 0.2) is 0 Å². The monoisotopic (exact) mass is 251 g/mol. The third kappa shape index (κ3) is 8.67. The fraction of sp³-hybridized carbons (Fsp3) is 0.900. The zero-order valence-corrected chi connectivity index (χ0v) is 10.9. The molecule has 0 aromatic heterocycles. The van der Waals surface area contributed by atoms with Crippen molar-refractivity contribution in [3.63, 3.8) is 0 Å². The zero-order chi connectivity index (χ0) is 12.8. The third-order valence-electron chi connectivity index (χ3n) is 2.04. The van der Waals surface area contributed by atoms with E-state index in [9.17, 15) is 13.2 Å². The number of sulfone groups is 1. The van der Waals surface area contributed by atoms with Crippen LogP contribution in [0.5, 0.6) is 0 Å². The molecule has 1 atom stereocenters. The first-order chi connectivity index (χ1) is 7.22. The summed E-state index contributed by atoms with van der Waals surface area (Å²) >= 11 is 0. The topological polar surface area (TPSA) is 86.5 Å². The number of hydrogen-bond donors (Lipinski definition) is 1. The van der Waals surface area contributed by atoms with E-state index < -0.39 is 21.8 Å². The molecule has 2 N–H and O–H groups in total. The lowest BCUT2D eigenvalue weighted by Crippen LogP contribution is -2.34. The van der Waals surface area contributed by atoms with Gasteiger partial charge in [0.15, 0.2) is 0 Å². The minimum Gasteiger partial charge on any atom is -0.465 e. The standard InChI is InChI=1S/C10H21NO4S/c1-8(2)4-6-15-10(12)9(11)5-7-16(3,13)14/h8-9H,4-7,11H2,1-3H3. The van der Waals surface area contributed by atoms with Crippen LogP contribution in [0.1, 0.15) is 26.7 Å². The average Bonchev–Trinajstić information content (AvgIpc) is 2.12. The van der Waals surface area contributed by atoms with Gasteiger partial charge in [0.2, 0.25) is 0 Å². The minimum atomic E-state index is -3.07. The molecule has 0 heterocycles. The summed E-state index contributed by atoms with van der Waals surface area (Å²) in [6.07, 6.45) is 2.01. The van der Waals surface area contributed by atoms with E-state index in [0.717, 1.165) is 12.7 Å². The number of carbonyl (C=O) groups is 1. The van der Waals surface area contributed by atoms with Crippen LogP contribution < -0.4 is 5.73 Å². The smallest absolute Gasteiger partial charge is 0.322 e. The van der Waals surface area contributed by atoms with Gasteiger partial charge in [-0.3, -0.25) is 4.79 Å². The molecule has 0 amide bonds. The fourth-order valence-electron chi connectivity index (χ4n) is 0.961. The Labute approximate surface area is 97.3 Å². The van der Waals surface area contributed by atoms with Gasteiger partial charge in [-0.1, -0.05) is 13.8 Å². The van der Waals surface area contributed by atoms with Crippen LogP contribution in [-0.2, 0) is 19.4 Å². The maximum Gasteiger partial charge on any atom is 0.322 e. The molecule has 0 bridgehead atoms. The maximum atomic E-state index is 11.3. The molecule has 1 unspecified atom stereocenters. The Bertz CT molecular complexity index is 311. The molecule has 0 saturated carbocycles. The summed E-state index contributed by atoms with van der Waals surface area (Å²) in [5, 5.41) is 0. The van der Waals surface area contributed by atoms with Crippen LogP contribution in [0.4, 0.5) is 0 Å². The van der Waals surface area contributed by atoms with Crippen molar-refractivity contribution in [2.75, 3.05) is 18.6 Å². The van der Waals surface area contributed by atoms with Gasteiger partial charge in [0.1, 0.15) is 15.9 Å². The van der Waals surface area contributed by atoms with Gasteiger partial charge in [0.05, 0.1) is 12.4 Å². The number of esters is 1. The lowest BCUT2D eigenvalue weighted by atomic mass is 10.1. The Morgan fingerprint density at radius 2 is 1.88 bits per heavy atom. The van der Waals surface area contributed by atoms with Gasteiger partial charge in [-0.15, -0.1) is 0 Å². The summed E-state index contributed by atoms with van der Waals surface area (Å²) in [6.45, 7) is 4.39. The van der Waals surface area contributed by atoms with Gasteiger partial charge in [-0.25, -0.2) is 8.42 Å². The summed E-state index contributed by atoms with van der Waals surface area (Å²) in [5.41, 5.74) is 5.50. The van der Waals surface area contributed by atoms with E-state index >= 15 is 0 Å². The van der Waals surface area contributed by atoms with Crippen molar-refractivity contribution in [2.24, 2.45) is 11.7 Å². The van der Waals surface area contributed by atoms with E-state index in [0.29, 0.717) is 12.5 Å². The number of nitrogens with two attached hydrogens (primary N) is 1. The molecule has 0 aliphatic heterocycles. The van der Waals surface area contributed by atoms with E-state index in [2.05, 4.69) is 0 Å². The SMILES string of the molecule is CC(C)CCOC(=O)C(N)CCS(C)(=O)=O. The first kappa shape index (κ1) is 15.4. The Balaban J connectivity index is 3.82. The number of hydrogen-bond acceptors (Lipinski definition) is 5. The first-order valence-corrected chi connectivity index (χ1v) is 7.38. The summed E-state index contributed by atoms with van der Waals surface area (Å²) in [4.78, 5) is 11.3. The van der Waals surface area contributed by atoms with Crippen LogP contribution in [0.3, 0.4) is 0 Å². The van der Waals surface area contributed by atoms with Crippen molar-refractivity contribution in [1.82, 2.24) is 0 Å². The van der Waals surface area contributed by atoms with Gasteiger partial charge in [0.25, 0.3) is 0 Å². The van der Waals surface area contributed by atoms with Crippen LogP contribution in [0, 0.1) is 5.92 Å². The summed E-state index contributed by atoms with van der Waals surface area (Å²) in [5.74, 6) is -0.155. The molecule has 0 aliphatic carbocycles. The van der Waals surface area contributed by atoms with Gasteiger partial charge < -0.3 is 10.5 Å². The van der Waals surface area contributed by atoms with Crippen molar-refractivity contribution in [2.45, 2.75) is 32.7 Å². The first-order valence-electron chi connectivity index (χ1n) is 5.32. The molecule has 0 aromatic carbocycles. The van der Waals surface area contributed by atoms with Crippen LogP contribution in [0.2, 0.25) is 0 Å². The van der Waals surface area contributed by atoms with Gasteiger partial charge in [-0.2, -0.15) is 0 Å². The fourth-order valence-corrected chi connectivity index (χ4v) is 1.64. The highest BCUT2D eigenvalue weighted by atomic mass is 32.2. The second-order valence-corrected chi connectivity index (χ2v) is 6.63. The average molecular weight is 251 g/mol. The highest BCUT2D eigenvalue weighted by Crippen LogP contribution is 2.01. The minimum absolute atomic E-state index is 0.0898. The second-order valence-electron chi connectivity index (χ2n) is 4.38. The molecule has 16 heavy (non-hydrogen) atoms. The third-order valence-corrected chi connectivity index (χ3v) is 3.02. The molecule has 0 radical (unpaired) electrons. The molecule has 5 nitrogen and oxygen atoms in total. The normalized spacial score (nSPS) is 13.8. The van der Waals surface area contributed by atoms with Crippen LogP contribution in [-0.4, -0.2) is 39.0 Å². The van der Waals surface area contributed by atoms with Gasteiger partial charge in [0, 0.05) is 6.26 Å². The lowest BCUT2D eigenvalue weighted by Gasteiger charge is -2.11. The van der Waals surface area contributed by atoms with Gasteiger partial charge in [-0.05, 0) is 18.8 Å². The van der Waals surface area contributed by atoms with Crippen LogP contribution >= 0.6 is 0 Å². The Morgan fingerprint density at radius 3 is 2.31 bits per heavy atom. The predicted octanol–water partition coefficient (Wildman–Crippen LogP) is 0.338. The highest BCUT2D eigenvalue weighted by molar-refractivity contribution is 7.90. The highest BCUT2D eigenvalue weighted by Gasteiger charge is 2.17. The zero-order valence-electron chi connectivity index (χ0n) is 10.1. The summed E-state index contributed by atoms with van der Waals surface area (Å²) in [6, 6.07) is -0.845. The van der Waals surface area contributed by atoms with E-state index in [1.807, 2.05) is 13.8 Å². The maximum absolute atomic E-state index is 11.3. The van der Waals surface area contributed by atoms with Crippen molar-refractivity contribution in [1.29, 1.82) is 0 Å². The molecule has 0 aromatic rings. The molecule has 0 rings (SSSR count). The molecule has 96 valence electrons. The Kier molecular flexibility index (Phi) is 6.59. The van der Waals surface area contributed by atoms with E-state index in [1.165, 1.54) is 0 Å². The van der Waals surface area contributed by atoms with Crippen molar-refractivity contribution >= 4 is 15.8 Å². The van der Waals surface area contributed by atoms with Gasteiger partial charge >= 0.3 is 5.97 Å². The largest absolute Gasteiger partial charge is 0.465 e. The molecule has 0 spiro atoms. The van der Waals surface area contributed by atoms with E-state index in [1.54, 1.807) is 0 Å². The Morgan fingerprint density at radius 1 is 1.31 bits per heavy atom. The molecule has 0 saturated heterocycles. The van der Waals surface area contributed by atoms with E-state index in [-0.39, 0.29) is 12.2 Å². The number of ether oxygens (including phenoxy) is 1. The lowest BCUT2D eigenvalue weighted by molar-refractivity contribution is -0.145. The Hall–Kier alpha value is -0.620. The predicted molar refractivity (Wildman–Crippen MR) is 62.7 cm³/mol. The summed E-state index contributed by atoms with van der Waals surface area (Å²) < 4.78 is 26.6. The molecular formula is C10H21NO4S. The summed E-state index contributed by atoms with van der Waals surface area (Å²) in [7, 11) is -3.07. The molecule has 0 fully saturated rings. The molecule has 0 aliphatic rings. The molecular weight excluding hydrogens is 230 g/mol. The number of rotatable bonds is 7. The van der Waals surface area contributed by atoms with Crippen LogP contribution in [0.25, 0.3) is 0 Å². The van der Waals surface area contributed by atoms with E-state index in [4.69, 9.17) is 10.5 Å².